The van der Waals surface area contributed by atoms with Gasteiger partial charge in [0.15, 0.2) is 0 Å². The van der Waals surface area contributed by atoms with Crippen molar-refractivity contribution in [3.63, 3.8) is 0 Å². The number of nitrogens with zero attached hydrogens (tertiary/aromatic N) is 2. The monoisotopic (exact) mass is 199 g/mol. The summed E-state index contributed by atoms with van der Waals surface area (Å²) in [5, 5.41) is 3.09. The molecule has 2 aromatic rings. The number of carbonyl (C=O) groups excluding carboxylic acids is 1. The average molecular weight is 199 g/mol. The minimum Gasteiger partial charge on any atom is -0.340 e. The molecule has 1 N–H and O–H groups in total. The minimum atomic E-state index is 0.656. The molecule has 2 rings (SSSR count). The molecule has 4 nitrogen and oxygen atoms in total. The smallest absolute Gasteiger partial charge is 0.150 e. The summed E-state index contributed by atoms with van der Waals surface area (Å²) in [6, 6.07) is 8.92. The van der Waals surface area contributed by atoms with E-state index in [1.54, 1.807) is 24.4 Å². The van der Waals surface area contributed by atoms with E-state index in [0.717, 1.165) is 17.8 Å². The fraction of sp³-hybridized carbons (Fsp3) is 0. The van der Waals surface area contributed by atoms with Crippen molar-refractivity contribution in [3.8, 4) is 0 Å². The molecular weight excluding hydrogens is 190 g/mol. The zero-order chi connectivity index (χ0) is 10.5. The summed E-state index contributed by atoms with van der Waals surface area (Å²) >= 11 is 0. The molecule has 0 amide bonds. The lowest BCUT2D eigenvalue weighted by molar-refractivity contribution is 0.112. The second-order valence-corrected chi connectivity index (χ2v) is 2.96. The van der Waals surface area contributed by atoms with E-state index in [9.17, 15) is 4.79 Å². The van der Waals surface area contributed by atoms with Gasteiger partial charge in [-0.15, -0.1) is 0 Å². The molecule has 0 saturated carbocycles. The number of aldehydes is 1. The Morgan fingerprint density at radius 2 is 1.93 bits per heavy atom. The van der Waals surface area contributed by atoms with E-state index in [0.29, 0.717) is 5.56 Å². The predicted molar refractivity (Wildman–Crippen MR) is 57.1 cm³/mol. The van der Waals surface area contributed by atoms with Crippen LogP contribution in [0, 0.1) is 0 Å². The minimum absolute atomic E-state index is 0.656. The molecule has 0 atom stereocenters. The maximum absolute atomic E-state index is 10.4. The highest BCUT2D eigenvalue weighted by molar-refractivity contribution is 5.76. The third-order valence-corrected chi connectivity index (χ3v) is 1.90. The molecule has 0 fully saturated rings. The molecule has 0 unspecified atom stereocenters. The van der Waals surface area contributed by atoms with E-state index in [2.05, 4.69) is 15.3 Å². The number of hydrogen-bond acceptors (Lipinski definition) is 4. The summed E-state index contributed by atoms with van der Waals surface area (Å²) in [6.45, 7) is 0. The highest BCUT2D eigenvalue weighted by atomic mass is 16.1. The van der Waals surface area contributed by atoms with Crippen molar-refractivity contribution in [2.45, 2.75) is 0 Å². The van der Waals surface area contributed by atoms with Crippen LogP contribution in [0.4, 0.5) is 11.5 Å². The summed E-state index contributed by atoms with van der Waals surface area (Å²) in [5.41, 5.74) is 1.54. The number of anilines is 2. The van der Waals surface area contributed by atoms with Crippen LogP contribution < -0.4 is 5.32 Å². The highest BCUT2D eigenvalue weighted by Crippen LogP contribution is 2.13. The van der Waals surface area contributed by atoms with Crippen molar-refractivity contribution in [1.82, 2.24) is 9.97 Å². The zero-order valence-electron chi connectivity index (χ0n) is 7.92. The van der Waals surface area contributed by atoms with Crippen molar-refractivity contribution in [3.05, 3.63) is 48.4 Å². The van der Waals surface area contributed by atoms with Crippen molar-refractivity contribution < 1.29 is 4.79 Å². The van der Waals surface area contributed by atoms with Gasteiger partial charge < -0.3 is 5.32 Å². The van der Waals surface area contributed by atoms with E-state index < -0.39 is 0 Å². The lowest BCUT2D eigenvalue weighted by Crippen LogP contribution is -1.93. The van der Waals surface area contributed by atoms with Crippen molar-refractivity contribution in [2.24, 2.45) is 0 Å². The van der Waals surface area contributed by atoms with Crippen LogP contribution in [0.3, 0.4) is 0 Å². The summed E-state index contributed by atoms with van der Waals surface area (Å²) < 4.78 is 0. The molecule has 0 radical (unpaired) electrons. The molecule has 1 heterocycles. The second kappa shape index (κ2) is 4.32. The van der Waals surface area contributed by atoms with Crippen LogP contribution in [0.25, 0.3) is 0 Å². The Balaban J connectivity index is 2.15. The van der Waals surface area contributed by atoms with Gasteiger partial charge in [0.05, 0.1) is 0 Å². The number of aromatic nitrogens is 2. The van der Waals surface area contributed by atoms with E-state index in [-0.39, 0.29) is 0 Å². The van der Waals surface area contributed by atoms with Gasteiger partial charge in [0.1, 0.15) is 18.4 Å². The van der Waals surface area contributed by atoms with Gasteiger partial charge in [-0.05, 0) is 30.3 Å². The number of rotatable bonds is 3. The first kappa shape index (κ1) is 9.33. The van der Waals surface area contributed by atoms with Gasteiger partial charge >= 0.3 is 0 Å². The number of hydrogen-bond donors (Lipinski definition) is 1. The van der Waals surface area contributed by atoms with Crippen LogP contribution in [0.5, 0.6) is 0 Å². The summed E-state index contributed by atoms with van der Waals surface area (Å²) in [4.78, 5) is 18.3. The Kier molecular flexibility index (Phi) is 2.69. The Morgan fingerprint density at radius 1 is 1.13 bits per heavy atom. The molecule has 4 heteroatoms. The van der Waals surface area contributed by atoms with E-state index in [1.165, 1.54) is 6.33 Å². The van der Waals surface area contributed by atoms with Crippen molar-refractivity contribution in [1.29, 1.82) is 0 Å². The lowest BCUT2D eigenvalue weighted by Gasteiger charge is -2.04. The molecule has 0 spiro atoms. The molecule has 0 bridgehead atoms. The second-order valence-electron chi connectivity index (χ2n) is 2.96. The van der Waals surface area contributed by atoms with Gasteiger partial charge in [0, 0.05) is 17.4 Å². The van der Waals surface area contributed by atoms with Gasteiger partial charge in [-0.2, -0.15) is 0 Å². The summed E-state index contributed by atoms with van der Waals surface area (Å²) in [5.74, 6) is 0.726. The van der Waals surface area contributed by atoms with E-state index >= 15 is 0 Å². The number of carbonyl (C=O) groups is 1. The fourth-order valence-corrected chi connectivity index (χ4v) is 1.16. The molecular formula is C11H9N3O. The third-order valence-electron chi connectivity index (χ3n) is 1.90. The largest absolute Gasteiger partial charge is 0.340 e. The number of benzene rings is 1. The summed E-state index contributed by atoms with van der Waals surface area (Å²) in [7, 11) is 0. The van der Waals surface area contributed by atoms with Gasteiger partial charge in [0.2, 0.25) is 0 Å². The van der Waals surface area contributed by atoms with Gasteiger partial charge in [-0.3, -0.25) is 4.79 Å². The molecule has 1 aromatic heterocycles. The quantitative estimate of drug-likeness (QED) is 0.768. The molecule has 0 saturated heterocycles. The Labute approximate surface area is 87.0 Å². The normalized spacial score (nSPS) is 9.60. The van der Waals surface area contributed by atoms with E-state index in [1.807, 2.05) is 12.1 Å². The van der Waals surface area contributed by atoms with Crippen molar-refractivity contribution in [2.75, 3.05) is 5.32 Å². The highest BCUT2D eigenvalue weighted by Gasteiger charge is 1.94. The topological polar surface area (TPSA) is 54.9 Å². The number of nitrogens with one attached hydrogen (secondary N) is 1. The van der Waals surface area contributed by atoms with Gasteiger partial charge in [-0.1, -0.05) is 0 Å². The van der Waals surface area contributed by atoms with Gasteiger partial charge in [0.25, 0.3) is 0 Å². The predicted octanol–water partition coefficient (Wildman–Crippen LogP) is 2.03. The van der Waals surface area contributed by atoms with Crippen molar-refractivity contribution >= 4 is 17.8 Å². The molecule has 74 valence electrons. The summed E-state index contributed by atoms with van der Waals surface area (Å²) in [6.07, 6.45) is 3.95. The van der Waals surface area contributed by atoms with Crippen LogP contribution in [0.1, 0.15) is 10.4 Å². The van der Waals surface area contributed by atoms with Gasteiger partial charge in [-0.25, -0.2) is 9.97 Å². The lowest BCUT2D eigenvalue weighted by atomic mass is 10.2. The molecule has 0 aliphatic carbocycles. The Morgan fingerprint density at radius 3 is 2.53 bits per heavy atom. The molecule has 15 heavy (non-hydrogen) atoms. The molecule has 1 aromatic carbocycles. The van der Waals surface area contributed by atoms with Crippen LogP contribution in [-0.4, -0.2) is 16.3 Å². The van der Waals surface area contributed by atoms with Crippen LogP contribution in [0.2, 0.25) is 0 Å². The first-order valence-corrected chi connectivity index (χ1v) is 4.47. The maximum Gasteiger partial charge on any atom is 0.150 e. The SMILES string of the molecule is O=Cc1ccc(Nc2ccncn2)cc1. The Bertz CT molecular complexity index is 439. The average Bonchev–Trinajstić information content (AvgIpc) is 2.31. The standard InChI is InChI=1S/C11H9N3O/c15-7-9-1-3-10(4-2-9)14-11-5-6-12-8-13-11/h1-8H,(H,12,13,14). The maximum atomic E-state index is 10.4. The van der Waals surface area contributed by atoms with Crippen LogP contribution >= 0.6 is 0 Å². The first-order chi connectivity index (χ1) is 7.38. The molecule has 0 aliphatic rings. The molecule has 0 aliphatic heterocycles. The van der Waals surface area contributed by atoms with Crippen LogP contribution in [0.15, 0.2) is 42.9 Å². The zero-order valence-corrected chi connectivity index (χ0v) is 7.92. The van der Waals surface area contributed by atoms with Crippen LogP contribution in [-0.2, 0) is 0 Å². The van der Waals surface area contributed by atoms with E-state index in [4.69, 9.17) is 0 Å². The fourth-order valence-electron chi connectivity index (χ4n) is 1.16. The third kappa shape index (κ3) is 2.37. The first-order valence-electron chi connectivity index (χ1n) is 4.47. The Hall–Kier alpha value is -2.23.